The molecule has 3 nitrogen and oxygen atoms in total. The average molecular weight is 318 g/mol. The number of aryl methyl sites for hydroxylation is 2. The van der Waals surface area contributed by atoms with Gasteiger partial charge < -0.3 is 10.4 Å². The van der Waals surface area contributed by atoms with Gasteiger partial charge in [0.15, 0.2) is 0 Å². The Kier molecular flexibility index (Phi) is 6.28. The quantitative estimate of drug-likeness (QED) is 0.709. The highest BCUT2D eigenvalue weighted by Gasteiger charge is 1.99. The van der Waals surface area contributed by atoms with Crippen molar-refractivity contribution >= 4 is 23.3 Å². The van der Waals surface area contributed by atoms with Crippen LogP contribution in [0.15, 0.2) is 48.5 Å². The summed E-state index contributed by atoms with van der Waals surface area (Å²) in [5, 5.41) is 12.8. The van der Waals surface area contributed by atoms with E-state index in [1.165, 1.54) is 5.56 Å². The number of hydrogen-bond donors (Lipinski definition) is 2. The molecule has 22 heavy (non-hydrogen) atoms. The number of anilines is 1. The second-order valence-electron chi connectivity index (χ2n) is 5.25. The van der Waals surface area contributed by atoms with Gasteiger partial charge in [-0.15, -0.1) is 0 Å². The van der Waals surface area contributed by atoms with Crippen LogP contribution in [-0.4, -0.2) is 17.6 Å². The number of carbonyl (C=O) groups is 1. The number of nitrogens with one attached hydrogen (secondary N) is 1. The van der Waals surface area contributed by atoms with Crippen molar-refractivity contribution in [2.24, 2.45) is 0 Å². The molecule has 0 bridgehead atoms. The molecule has 0 radical (unpaired) electrons. The van der Waals surface area contributed by atoms with Crippen LogP contribution in [0.25, 0.3) is 0 Å². The Hall–Kier alpha value is -2.00. The van der Waals surface area contributed by atoms with Gasteiger partial charge in [0, 0.05) is 23.7 Å². The highest BCUT2D eigenvalue weighted by Crippen LogP contribution is 2.13. The van der Waals surface area contributed by atoms with Crippen LogP contribution in [0, 0.1) is 0 Å². The van der Waals surface area contributed by atoms with Gasteiger partial charge in [0.25, 0.3) is 0 Å². The van der Waals surface area contributed by atoms with Crippen molar-refractivity contribution in [3.63, 3.8) is 0 Å². The van der Waals surface area contributed by atoms with Gasteiger partial charge in [-0.05, 0) is 54.7 Å². The topological polar surface area (TPSA) is 49.3 Å². The number of halogens is 1. The lowest BCUT2D eigenvalue weighted by atomic mass is 10.1. The minimum atomic E-state index is -0.760. The Morgan fingerprint density at radius 2 is 1.55 bits per heavy atom. The molecule has 2 N–H and O–H groups in total. The molecule has 0 aliphatic rings. The lowest BCUT2D eigenvalue weighted by Crippen LogP contribution is -2.03. The zero-order chi connectivity index (χ0) is 15.8. The zero-order valence-corrected chi connectivity index (χ0v) is 13.1. The van der Waals surface area contributed by atoms with E-state index in [0.29, 0.717) is 6.42 Å². The van der Waals surface area contributed by atoms with E-state index in [2.05, 4.69) is 17.4 Å². The van der Waals surface area contributed by atoms with Gasteiger partial charge in [-0.1, -0.05) is 35.9 Å². The Balaban J connectivity index is 1.70. The first-order valence-corrected chi connectivity index (χ1v) is 7.80. The third kappa shape index (κ3) is 5.78. The standard InChI is InChI=1S/C18H20ClNO2/c19-16-8-3-14(4-9-16)2-1-13-20-17-10-5-15(6-11-17)7-12-18(21)22/h3-6,8-11,20H,1-2,7,12-13H2,(H,21,22). The summed E-state index contributed by atoms with van der Waals surface area (Å²) in [4.78, 5) is 10.5. The SMILES string of the molecule is O=C(O)CCc1ccc(NCCCc2ccc(Cl)cc2)cc1. The molecule has 0 saturated heterocycles. The molecule has 2 aromatic rings. The normalized spacial score (nSPS) is 10.4. The summed E-state index contributed by atoms with van der Waals surface area (Å²) in [6, 6.07) is 15.9. The minimum absolute atomic E-state index is 0.174. The molecule has 0 fully saturated rings. The van der Waals surface area contributed by atoms with Crippen molar-refractivity contribution < 1.29 is 9.90 Å². The first-order valence-electron chi connectivity index (χ1n) is 7.42. The predicted molar refractivity (Wildman–Crippen MR) is 90.7 cm³/mol. The number of carboxylic acid groups (broad SMARTS) is 1. The predicted octanol–water partition coefficient (Wildman–Crippen LogP) is 4.40. The number of benzene rings is 2. The first-order chi connectivity index (χ1) is 10.6. The van der Waals surface area contributed by atoms with Gasteiger partial charge in [0.2, 0.25) is 0 Å². The molecule has 0 aromatic heterocycles. The summed E-state index contributed by atoms with van der Waals surface area (Å²) in [6.07, 6.45) is 2.81. The van der Waals surface area contributed by atoms with Gasteiger partial charge in [-0.25, -0.2) is 0 Å². The van der Waals surface area contributed by atoms with Crippen molar-refractivity contribution in [3.8, 4) is 0 Å². The van der Waals surface area contributed by atoms with E-state index < -0.39 is 5.97 Å². The summed E-state index contributed by atoms with van der Waals surface area (Å²) in [5.74, 6) is -0.760. The number of aliphatic carboxylic acids is 1. The minimum Gasteiger partial charge on any atom is -0.481 e. The monoisotopic (exact) mass is 317 g/mol. The average Bonchev–Trinajstić information content (AvgIpc) is 2.52. The molecule has 4 heteroatoms. The van der Waals surface area contributed by atoms with Crippen molar-refractivity contribution in [2.45, 2.75) is 25.7 Å². The van der Waals surface area contributed by atoms with Crippen LogP contribution in [0.1, 0.15) is 24.0 Å². The molecule has 0 atom stereocenters. The lowest BCUT2D eigenvalue weighted by Gasteiger charge is -2.07. The molecule has 0 unspecified atom stereocenters. The maximum atomic E-state index is 10.5. The molecule has 0 aliphatic heterocycles. The number of rotatable bonds is 8. The smallest absolute Gasteiger partial charge is 0.303 e. The van der Waals surface area contributed by atoms with E-state index >= 15 is 0 Å². The third-order valence-corrected chi connectivity index (χ3v) is 3.72. The van der Waals surface area contributed by atoms with Crippen molar-refractivity contribution in [3.05, 3.63) is 64.7 Å². The van der Waals surface area contributed by atoms with Crippen molar-refractivity contribution in [2.75, 3.05) is 11.9 Å². The van der Waals surface area contributed by atoms with Gasteiger partial charge in [-0.2, -0.15) is 0 Å². The van der Waals surface area contributed by atoms with Crippen LogP contribution in [0.5, 0.6) is 0 Å². The molecule has 0 amide bonds. The Bertz CT molecular complexity index is 593. The largest absolute Gasteiger partial charge is 0.481 e. The van der Waals surface area contributed by atoms with E-state index in [1.54, 1.807) is 0 Å². The molecule has 0 spiro atoms. The zero-order valence-electron chi connectivity index (χ0n) is 12.4. The molecule has 2 aromatic carbocycles. The molecule has 2 rings (SSSR count). The van der Waals surface area contributed by atoms with Crippen LogP contribution in [-0.2, 0) is 17.6 Å². The summed E-state index contributed by atoms with van der Waals surface area (Å²) >= 11 is 5.86. The fraction of sp³-hybridized carbons (Fsp3) is 0.278. The molecule has 0 saturated carbocycles. The molecule has 0 heterocycles. The number of carboxylic acids is 1. The van der Waals surface area contributed by atoms with Gasteiger partial charge in [0.05, 0.1) is 0 Å². The Labute approximate surface area is 135 Å². The second kappa shape index (κ2) is 8.44. The lowest BCUT2D eigenvalue weighted by molar-refractivity contribution is -0.136. The van der Waals surface area contributed by atoms with Crippen LogP contribution >= 0.6 is 11.6 Å². The van der Waals surface area contributed by atoms with E-state index in [4.69, 9.17) is 16.7 Å². The summed E-state index contributed by atoms with van der Waals surface area (Å²) in [5.41, 5.74) is 3.40. The highest BCUT2D eigenvalue weighted by molar-refractivity contribution is 6.30. The van der Waals surface area contributed by atoms with Crippen LogP contribution in [0.2, 0.25) is 5.02 Å². The first kappa shape index (κ1) is 16.4. The summed E-state index contributed by atoms with van der Waals surface area (Å²) < 4.78 is 0. The summed E-state index contributed by atoms with van der Waals surface area (Å²) in [7, 11) is 0. The molecular weight excluding hydrogens is 298 g/mol. The van der Waals surface area contributed by atoms with Gasteiger partial charge in [0.1, 0.15) is 0 Å². The maximum Gasteiger partial charge on any atom is 0.303 e. The fourth-order valence-corrected chi connectivity index (χ4v) is 2.34. The maximum absolute atomic E-state index is 10.5. The third-order valence-electron chi connectivity index (χ3n) is 3.47. The van der Waals surface area contributed by atoms with E-state index in [1.807, 2.05) is 36.4 Å². The van der Waals surface area contributed by atoms with E-state index in [9.17, 15) is 4.79 Å². The molecular formula is C18H20ClNO2. The van der Waals surface area contributed by atoms with Crippen molar-refractivity contribution in [1.29, 1.82) is 0 Å². The van der Waals surface area contributed by atoms with Crippen LogP contribution in [0.4, 0.5) is 5.69 Å². The Morgan fingerprint density at radius 1 is 0.955 bits per heavy atom. The van der Waals surface area contributed by atoms with Crippen LogP contribution in [0.3, 0.4) is 0 Å². The number of hydrogen-bond acceptors (Lipinski definition) is 2. The Morgan fingerprint density at radius 3 is 2.18 bits per heavy atom. The van der Waals surface area contributed by atoms with E-state index in [0.717, 1.165) is 35.7 Å². The fourth-order valence-electron chi connectivity index (χ4n) is 2.22. The van der Waals surface area contributed by atoms with E-state index in [-0.39, 0.29) is 6.42 Å². The van der Waals surface area contributed by atoms with Crippen LogP contribution < -0.4 is 5.32 Å². The van der Waals surface area contributed by atoms with Crippen molar-refractivity contribution in [1.82, 2.24) is 0 Å². The van der Waals surface area contributed by atoms with Gasteiger partial charge in [-0.3, -0.25) is 4.79 Å². The van der Waals surface area contributed by atoms with Gasteiger partial charge >= 0.3 is 5.97 Å². The summed E-state index contributed by atoms with van der Waals surface area (Å²) in [6.45, 7) is 0.900. The molecule has 0 aliphatic carbocycles. The highest BCUT2D eigenvalue weighted by atomic mass is 35.5. The molecule has 116 valence electrons. The second-order valence-corrected chi connectivity index (χ2v) is 5.68.